The van der Waals surface area contributed by atoms with Crippen LogP contribution in [0.15, 0.2) is 36.4 Å². The highest BCUT2D eigenvalue weighted by molar-refractivity contribution is 5.78. The molecule has 0 unspecified atom stereocenters. The molecule has 27 heavy (non-hydrogen) atoms. The molecule has 1 saturated heterocycles. The van der Waals surface area contributed by atoms with Crippen LogP contribution in [0.1, 0.15) is 38.2 Å². The fourth-order valence-corrected chi connectivity index (χ4v) is 3.54. The van der Waals surface area contributed by atoms with E-state index in [1.807, 2.05) is 24.1 Å². The van der Waals surface area contributed by atoms with E-state index < -0.39 is 0 Å². The summed E-state index contributed by atoms with van der Waals surface area (Å²) in [7, 11) is 1.93. The number of rotatable bonds is 6. The molecule has 1 aromatic carbocycles. The molecule has 1 aliphatic heterocycles. The van der Waals surface area contributed by atoms with E-state index in [4.69, 9.17) is 0 Å². The lowest BCUT2D eigenvalue weighted by Crippen LogP contribution is -2.41. The second-order valence-corrected chi connectivity index (χ2v) is 7.52. The standard InChI is InChI=1S/C22H30N4O/c1-4-5-14-25(3)22(27)19-12-15-26(16-13-19)21-11-10-20(23-24-21)18-8-6-17(2)7-9-18/h6-11,19H,4-5,12-16H2,1-3H3. The third kappa shape index (κ3) is 4.85. The van der Waals surface area contributed by atoms with Crippen molar-refractivity contribution in [3.8, 4) is 11.3 Å². The number of aromatic nitrogens is 2. The van der Waals surface area contributed by atoms with Crippen molar-refractivity contribution < 1.29 is 4.79 Å². The summed E-state index contributed by atoms with van der Waals surface area (Å²) < 4.78 is 0. The lowest BCUT2D eigenvalue weighted by atomic mass is 9.95. The number of carbonyl (C=O) groups excluding carboxylic acids is 1. The number of hydrogen-bond donors (Lipinski definition) is 0. The molecule has 0 saturated carbocycles. The molecule has 0 bridgehead atoms. The summed E-state index contributed by atoms with van der Waals surface area (Å²) >= 11 is 0. The topological polar surface area (TPSA) is 49.3 Å². The van der Waals surface area contributed by atoms with E-state index in [0.29, 0.717) is 5.91 Å². The largest absolute Gasteiger partial charge is 0.355 e. The van der Waals surface area contributed by atoms with E-state index in [2.05, 4.69) is 53.2 Å². The fraction of sp³-hybridized carbons (Fsp3) is 0.500. The molecule has 0 spiro atoms. The van der Waals surface area contributed by atoms with Gasteiger partial charge >= 0.3 is 0 Å². The molecule has 0 atom stereocenters. The monoisotopic (exact) mass is 366 g/mol. The maximum Gasteiger partial charge on any atom is 0.225 e. The third-order valence-corrected chi connectivity index (χ3v) is 5.39. The van der Waals surface area contributed by atoms with Crippen LogP contribution in [0.2, 0.25) is 0 Å². The molecular weight excluding hydrogens is 336 g/mol. The predicted octanol–water partition coefficient (Wildman–Crippen LogP) is 3.93. The average Bonchev–Trinajstić information content (AvgIpc) is 2.72. The first-order valence-electron chi connectivity index (χ1n) is 9.99. The molecule has 5 nitrogen and oxygen atoms in total. The van der Waals surface area contributed by atoms with E-state index in [1.54, 1.807) is 0 Å². The summed E-state index contributed by atoms with van der Waals surface area (Å²) in [5.41, 5.74) is 3.21. The number of unbranched alkanes of at least 4 members (excludes halogenated alkanes) is 1. The molecular formula is C22H30N4O. The first-order chi connectivity index (χ1) is 13.1. The molecule has 1 aromatic heterocycles. The number of anilines is 1. The third-order valence-electron chi connectivity index (χ3n) is 5.39. The van der Waals surface area contributed by atoms with Crippen LogP contribution in [0.3, 0.4) is 0 Å². The zero-order valence-electron chi connectivity index (χ0n) is 16.7. The van der Waals surface area contributed by atoms with Gasteiger partial charge < -0.3 is 9.80 Å². The Morgan fingerprint density at radius 3 is 2.41 bits per heavy atom. The number of benzene rings is 1. The Bertz CT molecular complexity index is 734. The van der Waals surface area contributed by atoms with Gasteiger partial charge in [-0.1, -0.05) is 43.2 Å². The summed E-state index contributed by atoms with van der Waals surface area (Å²) in [4.78, 5) is 16.7. The van der Waals surface area contributed by atoms with Crippen molar-refractivity contribution in [3.05, 3.63) is 42.0 Å². The van der Waals surface area contributed by atoms with E-state index in [1.165, 1.54) is 5.56 Å². The second-order valence-electron chi connectivity index (χ2n) is 7.52. The van der Waals surface area contributed by atoms with Crippen molar-refractivity contribution in [2.75, 3.05) is 31.6 Å². The molecule has 2 heterocycles. The van der Waals surface area contributed by atoms with Crippen LogP contribution < -0.4 is 4.90 Å². The van der Waals surface area contributed by atoms with Gasteiger partial charge in [-0.2, -0.15) is 0 Å². The van der Waals surface area contributed by atoms with Crippen LogP contribution in [-0.4, -0.2) is 47.7 Å². The highest BCUT2D eigenvalue weighted by Gasteiger charge is 2.27. The Morgan fingerprint density at radius 1 is 1.11 bits per heavy atom. The van der Waals surface area contributed by atoms with Crippen molar-refractivity contribution in [1.29, 1.82) is 0 Å². The van der Waals surface area contributed by atoms with Gasteiger partial charge in [0.05, 0.1) is 5.69 Å². The summed E-state index contributed by atoms with van der Waals surface area (Å²) in [6.07, 6.45) is 3.96. The van der Waals surface area contributed by atoms with Crippen molar-refractivity contribution in [3.63, 3.8) is 0 Å². The normalized spacial score (nSPS) is 15.0. The summed E-state index contributed by atoms with van der Waals surface area (Å²) in [6, 6.07) is 12.4. The zero-order valence-corrected chi connectivity index (χ0v) is 16.7. The zero-order chi connectivity index (χ0) is 19.2. The number of aryl methyl sites for hydroxylation is 1. The number of amides is 1. The Morgan fingerprint density at radius 2 is 1.81 bits per heavy atom. The molecule has 0 aliphatic carbocycles. The molecule has 0 N–H and O–H groups in total. The van der Waals surface area contributed by atoms with Gasteiger partial charge in [-0.3, -0.25) is 4.79 Å². The Kier molecular flexibility index (Phi) is 6.43. The number of carbonyl (C=O) groups is 1. The molecule has 5 heteroatoms. The lowest BCUT2D eigenvalue weighted by Gasteiger charge is -2.33. The molecule has 144 valence electrons. The Balaban J connectivity index is 1.56. The minimum Gasteiger partial charge on any atom is -0.355 e. The summed E-state index contributed by atoms with van der Waals surface area (Å²) in [5.74, 6) is 1.34. The van der Waals surface area contributed by atoms with Gasteiger partial charge in [-0.05, 0) is 38.3 Å². The molecule has 1 amide bonds. The number of nitrogens with zero attached hydrogens (tertiary/aromatic N) is 4. The first-order valence-corrected chi connectivity index (χ1v) is 9.99. The Hall–Kier alpha value is -2.43. The van der Waals surface area contributed by atoms with Crippen LogP contribution in [0, 0.1) is 12.8 Å². The van der Waals surface area contributed by atoms with E-state index in [0.717, 1.165) is 62.4 Å². The fourth-order valence-electron chi connectivity index (χ4n) is 3.54. The highest BCUT2D eigenvalue weighted by Crippen LogP contribution is 2.24. The van der Waals surface area contributed by atoms with Gasteiger partial charge in [0.2, 0.25) is 5.91 Å². The lowest BCUT2D eigenvalue weighted by molar-refractivity contribution is -0.134. The van der Waals surface area contributed by atoms with Gasteiger partial charge in [0.25, 0.3) is 0 Å². The highest BCUT2D eigenvalue weighted by atomic mass is 16.2. The molecule has 1 aliphatic rings. The van der Waals surface area contributed by atoms with E-state index in [9.17, 15) is 4.79 Å². The van der Waals surface area contributed by atoms with Crippen LogP contribution in [-0.2, 0) is 4.79 Å². The molecule has 2 aromatic rings. The van der Waals surface area contributed by atoms with E-state index >= 15 is 0 Å². The van der Waals surface area contributed by atoms with Gasteiger partial charge in [0.1, 0.15) is 0 Å². The Labute approximate surface area is 162 Å². The van der Waals surface area contributed by atoms with Crippen LogP contribution in [0.4, 0.5) is 5.82 Å². The average molecular weight is 367 g/mol. The van der Waals surface area contributed by atoms with Crippen molar-refractivity contribution in [2.24, 2.45) is 5.92 Å². The number of hydrogen-bond acceptors (Lipinski definition) is 4. The predicted molar refractivity (Wildman–Crippen MR) is 110 cm³/mol. The van der Waals surface area contributed by atoms with Gasteiger partial charge in [0.15, 0.2) is 5.82 Å². The minimum atomic E-state index is 0.142. The van der Waals surface area contributed by atoms with Crippen molar-refractivity contribution >= 4 is 11.7 Å². The summed E-state index contributed by atoms with van der Waals surface area (Å²) in [5, 5.41) is 8.83. The van der Waals surface area contributed by atoms with Gasteiger partial charge in [-0.25, -0.2) is 0 Å². The number of piperidine rings is 1. The van der Waals surface area contributed by atoms with Crippen LogP contribution >= 0.6 is 0 Å². The van der Waals surface area contributed by atoms with Crippen LogP contribution in [0.5, 0.6) is 0 Å². The second kappa shape index (κ2) is 8.98. The maximum atomic E-state index is 12.6. The minimum absolute atomic E-state index is 0.142. The van der Waals surface area contributed by atoms with Gasteiger partial charge in [-0.15, -0.1) is 10.2 Å². The van der Waals surface area contributed by atoms with Crippen LogP contribution in [0.25, 0.3) is 11.3 Å². The summed E-state index contributed by atoms with van der Waals surface area (Å²) in [6.45, 7) is 6.81. The molecule has 3 rings (SSSR count). The maximum absolute atomic E-state index is 12.6. The quantitative estimate of drug-likeness (QED) is 0.777. The molecule has 1 fully saturated rings. The SMILES string of the molecule is CCCCN(C)C(=O)C1CCN(c2ccc(-c3ccc(C)cc3)nn2)CC1. The van der Waals surface area contributed by atoms with E-state index in [-0.39, 0.29) is 5.92 Å². The van der Waals surface area contributed by atoms with Crippen molar-refractivity contribution in [2.45, 2.75) is 39.5 Å². The first kappa shape index (κ1) is 19.3. The van der Waals surface area contributed by atoms with Crippen molar-refractivity contribution in [1.82, 2.24) is 15.1 Å². The van der Waals surface area contributed by atoms with Gasteiger partial charge in [0, 0.05) is 38.2 Å². The molecule has 0 radical (unpaired) electrons. The smallest absolute Gasteiger partial charge is 0.225 e.